The second-order valence-corrected chi connectivity index (χ2v) is 6.44. The number of furan rings is 1. The largest absolute Gasteiger partial charge is 0.461 e. The third-order valence-electron chi connectivity index (χ3n) is 3.21. The van der Waals surface area contributed by atoms with Crippen molar-refractivity contribution in [2.24, 2.45) is 0 Å². The molecule has 0 amide bonds. The third-order valence-corrected chi connectivity index (χ3v) is 4.79. The zero-order valence-electron chi connectivity index (χ0n) is 11.7. The number of halogens is 1. The number of nitrogens with zero attached hydrogens (tertiary/aromatic N) is 2. The predicted molar refractivity (Wildman–Crippen MR) is 78.7 cm³/mol. The lowest BCUT2D eigenvalue weighted by molar-refractivity contribution is 0.389. The topological polar surface area (TPSA) is 69.1 Å². The minimum absolute atomic E-state index is 0.0587. The highest BCUT2D eigenvalue weighted by molar-refractivity contribution is 7.84. The van der Waals surface area contributed by atoms with Gasteiger partial charge in [0, 0.05) is 16.4 Å². The predicted octanol–water partition coefficient (Wildman–Crippen LogP) is 3.48. The van der Waals surface area contributed by atoms with Gasteiger partial charge in [-0.2, -0.15) is 4.98 Å². The number of rotatable bonds is 5. The molecule has 0 fully saturated rings. The molecule has 5 nitrogen and oxygen atoms in total. The molecule has 2 atom stereocenters. The van der Waals surface area contributed by atoms with E-state index in [1.165, 1.54) is 12.3 Å². The molecule has 2 heterocycles. The van der Waals surface area contributed by atoms with Crippen molar-refractivity contribution in [3.63, 3.8) is 0 Å². The molecule has 3 aromatic rings. The zero-order valence-corrected chi connectivity index (χ0v) is 12.5. The standard InChI is InChI=1S/C15H13FN2O3S/c1-10(11-5-2-3-6-12(11)16)22(19)9-14-17-15(18-21-14)13-7-4-8-20-13/h2-8,10H,9H2,1H3/t10-,22-/m1/s1. The summed E-state index contributed by atoms with van der Waals surface area (Å²) in [5, 5.41) is 3.30. The summed E-state index contributed by atoms with van der Waals surface area (Å²) in [5.41, 5.74) is 0.409. The maximum atomic E-state index is 13.7. The Kier molecular flexibility index (Phi) is 4.15. The SMILES string of the molecule is C[C@H](c1ccccc1F)[S@](=O)Cc1nc(-c2ccco2)no1. The van der Waals surface area contributed by atoms with E-state index in [4.69, 9.17) is 8.94 Å². The normalized spacial score (nSPS) is 13.9. The fourth-order valence-corrected chi connectivity index (χ4v) is 3.10. The van der Waals surface area contributed by atoms with E-state index >= 15 is 0 Å². The van der Waals surface area contributed by atoms with Gasteiger partial charge in [0.1, 0.15) is 11.6 Å². The summed E-state index contributed by atoms with van der Waals surface area (Å²) in [4.78, 5) is 4.13. The van der Waals surface area contributed by atoms with Crippen molar-refractivity contribution < 1.29 is 17.5 Å². The van der Waals surface area contributed by atoms with Crippen LogP contribution in [0.15, 0.2) is 51.6 Å². The Morgan fingerprint density at radius 2 is 2.09 bits per heavy atom. The Morgan fingerprint density at radius 3 is 2.82 bits per heavy atom. The van der Waals surface area contributed by atoms with Crippen molar-refractivity contribution in [3.8, 4) is 11.6 Å². The molecule has 114 valence electrons. The molecule has 0 bridgehead atoms. The molecule has 0 N–H and O–H groups in total. The Hall–Kier alpha value is -2.28. The highest BCUT2D eigenvalue weighted by Gasteiger charge is 2.20. The smallest absolute Gasteiger partial charge is 0.239 e. The van der Waals surface area contributed by atoms with E-state index in [-0.39, 0.29) is 17.5 Å². The molecule has 0 aliphatic heterocycles. The molecule has 0 aliphatic rings. The van der Waals surface area contributed by atoms with Gasteiger partial charge in [-0.05, 0) is 25.1 Å². The van der Waals surface area contributed by atoms with Crippen molar-refractivity contribution in [1.82, 2.24) is 10.1 Å². The first kappa shape index (κ1) is 14.6. The Balaban J connectivity index is 1.73. The molecule has 22 heavy (non-hydrogen) atoms. The summed E-state index contributed by atoms with van der Waals surface area (Å²) in [6, 6.07) is 9.71. The van der Waals surface area contributed by atoms with E-state index in [1.807, 2.05) is 0 Å². The Morgan fingerprint density at radius 1 is 1.27 bits per heavy atom. The maximum absolute atomic E-state index is 13.7. The molecule has 0 saturated carbocycles. The molecule has 1 aromatic carbocycles. The van der Waals surface area contributed by atoms with Crippen LogP contribution in [0.2, 0.25) is 0 Å². The van der Waals surface area contributed by atoms with Gasteiger partial charge in [0.25, 0.3) is 0 Å². The van der Waals surface area contributed by atoms with Crippen LogP contribution in [0.1, 0.15) is 23.6 Å². The molecular formula is C15H13FN2O3S. The fourth-order valence-electron chi connectivity index (χ4n) is 2.01. The Bertz CT molecular complexity index is 786. The number of benzene rings is 1. The summed E-state index contributed by atoms with van der Waals surface area (Å²) < 4.78 is 36.3. The van der Waals surface area contributed by atoms with Crippen molar-refractivity contribution in [2.45, 2.75) is 17.9 Å². The van der Waals surface area contributed by atoms with E-state index in [9.17, 15) is 8.60 Å². The number of aromatic nitrogens is 2. The maximum Gasteiger partial charge on any atom is 0.239 e. The lowest BCUT2D eigenvalue weighted by Crippen LogP contribution is -2.07. The average Bonchev–Trinajstić information content (AvgIpc) is 3.17. The first-order valence-corrected chi connectivity index (χ1v) is 8.01. The van der Waals surface area contributed by atoms with Gasteiger partial charge >= 0.3 is 0 Å². The highest BCUT2D eigenvalue weighted by atomic mass is 32.2. The fraction of sp³-hybridized carbons (Fsp3) is 0.200. The van der Waals surface area contributed by atoms with Gasteiger partial charge in [-0.25, -0.2) is 4.39 Å². The van der Waals surface area contributed by atoms with Gasteiger partial charge in [0.15, 0.2) is 5.76 Å². The van der Waals surface area contributed by atoms with Crippen LogP contribution in [-0.2, 0) is 16.6 Å². The van der Waals surface area contributed by atoms with E-state index in [0.717, 1.165) is 0 Å². The first-order valence-electron chi connectivity index (χ1n) is 6.63. The molecule has 2 aromatic heterocycles. The van der Waals surface area contributed by atoms with Crippen LogP contribution in [-0.4, -0.2) is 14.3 Å². The van der Waals surface area contributed by atoms with Crippen LogP contribution >= 0.6 is 0 Å². The number of hydrogen-bond acceptors (Lipinski definition) is 5. The van der Waals surface area contributed by atoms with Gasteiger partial charge in [0.05, 0.1) is 11.5 Å². The lowest BCUT2D eigenvalue weighted by Gasteiger charge is -2.11. The quantitative estimate of drug-likeness (QED) is 0.720. The molecule has 0 unspecified atom stereocenters. The monoisotopic (exact) mass is 320 g/mol. The summed E-state index contributed by atoms with van der Waals surface area (Å²) >= 11 is 0. The zero-order chi connectivity index (χ0) is 15.5. The second-order valence-electron chi connectivity index (χ2n) is 4.68. The van der Waals surface area contributed by atoms with Crippen LogP contribution in [0, 0.1) is 5.82 Å². The highest BCUT2D eigenvalue weighted by Crippen LogP contribution is 2.24. The summed E-state index contributed by atoms with van der Waals surface area (Å²) in [6.07, 6.45) is 1.50. The molecule has 7 heteroatoms. The van der Waals surface area contributed by atoms with Gasteiger partial charge < -0.3 is 8.94 Å². The van der Waals surface area contributed by atoms with Crippen LogP contribution in [0.3, 0.4) is 0 Å². The molecule has 0 radical (unpaired) electrons. The minimum Gasteiger partial charge on any atom is -0.461 e. The van der Waals surface area contributed by atoms with E-state index in [0.29, 0.717) is 17.1 Å². The van der Waals surface area contributed by atoms with E-state index in [2.05, 4.69) is 10.1 Å². The van der Waals surface area contributed by atoms with Crippen molar-refractivity contribution in [2.75, 3.05) is 0 Å². The van der Waals surface area contributed by atoms with Crippen LogP contribution in [0.4, 0.5) is 4.39 Å². The minimum atomic E-state index is -1.38. The summed E-state index contributed by atoms with van der Waals surface area (Å²) in [6.45, 7) is 1.71. The van der Waals surface area contributed by atoms with Crippen molar-refractivity contribution in [3.05, 3.63) is 59.9 Å². The number of hydrogen-bond donors (Lipinski definition) is 0. The third kappa shape index (κ3) is 2.99. The molecule has 3 rings (SSSR count). The Labute approximate surface area is 128 Å². The molecule has 0 saturated heterocycles. The van der Waals surface area contributed by atoms with E-state index < -0.39 is 16.0 Å². The van der Waals surface area contributed by atoms with Crippen molar-refractivity contribution >= 4 is 10.8 Å². The van der Waals surface area contributed by atoms with Gasteiger partial charge in [-0.3, -0.25) is 4.21 Å². The second kappa shape index (κ2) is 6.23. The van der Waals surface area contributed by atoms with Crippen molar-refractivity contribution in [1.29, 1.82) is 0 Å². The van der Waals surface area contributed by atoms with Crippen LogP contribution in [0.25, 0.3) is 11.6 Å². The molecule has 0 aliphatic carbocycles. The van der Waals surface area contributed by atoms with Gasteiger partial charge in [-0.15, -0.1) is 0 Å². The lowest BCUT2D eigenvalue weighted by atomic mass is 10.1. The molecular weight excluding hydrogens is 307 g/mol. The molecule has 0 spiro atoms. The van der Waals surface area contributed by atoms with Gasteiger partial charge in [0.2, 0.25) is 11.7 Å². The van der Waals surface area contributed by atoms with E-state index in [1.54, 1.807) is 37.3 Å². The average molecular weight is 320 g/mol. The summed E-state index contributed by atoms with van der Waals surface area (Å²) in [5.74, 6) is 0.694. The first-order chi connectivity index (χ1) is 10.6. The summed E-state index contributed by atoms with van der Waals surface area (Å²) in [7, 11) is -1.38. The van der Waals surface area contributed by atoms with Gasteiger partial charge in [-0.1, -0.05) is 23.4 Å². The van der Waals surface area contributed by atoms with Crippen LogP contribution in [0.5, 0.6) is 0 Å². The van der Waals surface area contributed by atoms with Crippen LogP contribution < -0.4 is 0 Å².